The molecule has 21 heavy (non-hydrogen) atoms. The van der Waals surface area contributed by atoms with Crippen molar-refractivity contribution in [1.82, 2.24) is 4.90 Å². The van der Waals surface area contributed by atoms with Gasteiger partial charge in [0.2, 0.25) is 0 Å². The Morgan fingerprint density at radius 3 is 2.62 bits per heavy atom. The van der Waals surface area contributed by atoms with Crippen LogP contribution >= 0.6 is 0 Å². The smallest absolute Gasteiger partial charge is 0.410 e. The largest absolute Gasteiger partial charge is 0.496 e. The predicted octanol–water partition coefficient (Wildman–Crippen LogP) is 2.70. The minimum absolute atomic E-state index is 0.117. The number of carbonyl (C=O) groups is 1. The van der Waals surface area contributed by atoms with Gasteiger partial charge in [0, 0.05) is 18.2 Å². The first-order valence-electron chi connectivity index (χ1n) is 7.21. The molecular weight excluding hydrogens is 268 g/mol. The summed E-state index contributed by atoms with van der Waals surface area (Å²) < 4.78 is 10.9. The molecule has 1 saturated heterocycles. The van der Waals surface area contributed by atoms with E-state index in [9.17, 15) is 4.79 Å². The molecule has 0 spiro atoms. The topological polar surface area (TPSA) is 64.8 Å². The van der Waals surface area contributed by atoms with Crippen molar-refractivity contribution in [2.45, 2.75) is 44.9 Å². The molecule has 0 bridgehead atoms. The van der Waals surface area contributed by atoms with Gasteiger partial charge in [0.05, 0.1) is 13.2 Å². The normalized spacial score (nSPS) is 22.2. The Balaban J connectivity index is 2.29. The van der Waals surface area contributed by atoms with E-state index in [1.54, 1.807) is 12.0 Å². The van der Waals surface area contributed by atoms with Crippen LogP contribution in [0.1, 0.15) is 38.8 Å². The predicted molar refractivity (Wildman–Crippen MR) is 81.3 cm³/mol. The summed E-state index contributed by atoms with van der Waals surface area (Å²) in [7, 11) is 1.62. The van der Waals surface area contributed by atoms with E-state index in [1.807, 2.05) is 45.0 Å². The highest BCUT2D eigenvalue weighted by Gasteiger charge is 2.39. The highest BCUT2D eigenvalue weighted by atomic mass is 16.6. The average Bonchev–Trinajstić information content (AvgIpc) is 2.78. The van der Waals surface area contributed by atoms with Crippen LogP contribution in [-0.4, -0.2) is 36.3 Å². The first kappa shape index (κ1) is 15.6. The third kappa shape index (κ3) is 3.47. The van der Waals surface area contributed by atoms with Crippen molar-refractivity contribution in [2.24, 2.45) is 5.73 Å². The first-order chi connectivity index (χ1) is 9.83. The van der Waals surface area contributed by atoms with Crippen LogP contribution in [0.5, 0.6) is 5.75 Å². The highest BCUT2D eigenvalue weighted by Crippen LogP contribution is 2.37. The number of methoxy groups -OCH3 is 1. The van der Waals surface area contributed by atoms with Gasteiger partial charge in [0.15, 0.2) is 0 Å². The zero-order valence-electron chi connectivity index (χ0n) is 13.1. The monoisotopic (exact) mass is 292 g/mol. The molecule has 0 saturated carbocycles. The summed E-state index contributed by atoms with van der Waals surface area (Å²) in [6.45, 7) is 6.18. The van der Waals surface area contributed by atoms with Crippen molar-refractivity contribution >= 4 is 6.09 Å². The fraction of sp³-hybridized carbons (Fsp3) is 0.562. The number of carbonyl (C=O) groups excluding carboxylic acids is 1. The number of rotatable bonds is 2. The zero-order valence-corrected chi connectivity index (χ0v) is 13.1. The maximum absolute atomic E-state index is 12.4. The average molecular weight is 292 g/mol. The molecule has 0 radical (unpaired) electrons. The Bertz CT molecular complexity index is 510. The SMILES string of the molecule is COc1ccccc1[C@H]1[C@H](N)CCN1C(=O)OC(C)(C)C. The minimum Gasteiger partial charge on any atom is -0.496 e. The van der Waals surface area contributed by atoms with E-state index in [-0.39, 0.29) is 18.2 Å². The Kier molecular flexibility index (Phi) is 4.42. The van der Waals surface area contributed by atoms with Crippen LogP contribution < -0.4 is 10.5 Å². The maximum Gasteiger partial charge on any atom is 0.410 e. The molecule has 0 unspecified atom stereocenters. The molecule has 2 atom stereocenters. The molecule has 0 aliphatic carbocycles. The van der Waals surface area contributed by atoms with Gasteiger partial charge in [-0.2, -0.15) is 0 Å². The Morgan fingerprint density at radius 1 is 1.33 bits per heavy atom. The zero-order chi connectivity index (χ0) is 15.6. The number of amides is 1. The lowest BCUT2D eigenvalue weighted by atomic mass is 10.00. The molecule has 2 rings (SSSR count). The molecule has 2 N–H and O–H groups in total. The molecule has 1 aliphatic heterocycles. The van der Waals surface area contributed by atoms with E-state index in [0.717, 1.165) is 17.7 Å². The van der Waals surface area contributed by atoms with Crippen molar-refractivity contribution in [1.29, 1.82) is 0 Å². The lowest BCUT2D eigenvalue weighted by Crippen LogP contribution is -2.39. The van der Waals surface area contributed by atoms with Crippen LogP contribution in [0.3, 0.4) is 0 Å². The summed E-state index contributed by atoms with van der Waals surface area (Å²) in [6, 6.07) is 7.33. The van der Waals surface area contributed by atoms with Crippen LogP contribution in [0.25, 0.3) is 0 Å². The molecule has 1 fully saturated rings. The minimum atomic E-state index is -0.519. The summed E-state index contributed by atoms with van der Waals surface area (Å²) in [5, 5.41) is 0. The van der Waals surface area contributed by atoms with Crippen LogP contribution in [-0.2, 0) is 4.74 Å². The van der Waals surface area contributed by atoms with Crippen LogP contribution in [0, 0.1) is 0 Å². The molecule has 5 heteroatoms. The maximum atomic E-state index is 12.4. The number of hydrogen-bond donors (Lipinski definition) is 1. The molecule has 1 aliphatic rings. The van der Waals surface area contributed by atoms with E-state index in [2.05, 4.69) is 0 Å². The van der Waals surface area contributed by atoms with E-state index >= 15 is 0 Å². The lowest BCUT2D eigenvalue weighted by molar-refractivity contribution is 0.0217. The Morgan fingerprint density at radius 2 is 2.00 bits per heavy atom. The molecule has 1 amide bonds. The standard InChI is InChI=1S/C16H24N2O3/c1-16(2,3)21-15(19)18-10-9-12(17)14(18)11-7-5-6-8-13(11)20-4/h5-8,12,14H,9-10,17H2,1-4H3/t12-,14+/m1/s1. The lowest BCUT2D eigenvalue weighted by Gasteiger charge is -2.30. The summed E-state index contributed by atoms with van der Waals surface area (Å²) in [5.41, 5.74) is 6.63. The van der Waals surface area contributed by atoms with Crippen molar-refractivity contribution in [3.05, 3.63) is 29.8 Å². The van der Waals surface area contributed by atoms with Gasteiger partial charge >= 0.3 is 6.09 Å². The third-order valence-electron chi connectivity index (χ3n) is 3.53. The Hall–Kier alpha value is -1.75. The molecule has 5 nitrogen and oxygen atoms in total. The van der Waals surface area contributed by atoms with Gasteiger partial charge in [-0.05, 0) is 33.3 Å². The number of benzene rings is 1. The van der Waals surface area contributed by atoms with Crippen molar-refractivity contribution in [3.63, 3.8) is 0 Å². The van der Waals surface area contributed by atoms with Gasteiger partial charge < -0.3 is 15.2 Å². The number of ether oxygens (including phenoxy) is 2. The van der Waals surface area contributed by atoms with Crippen LogP contribution in [0.15, 0.2) is 24.3 Å². The second kappa shape index (κ2) is 5.93. The number of nitrogens with two attached hydrogens (primary N) is 1. The molecular formula is C16H24N2O3. The molecule has 1 heterocycles. The fourth-order valence-electron chi connectivity index (χ4n) is 2.65. The quantitative estimate of drug-likeness (QED) is 0.910. The number of para-hydroxylation sites is 1. The van der Waals surface area contributed by atoms with Gasteiger partial charge in [-0.25, -0.2) is 4.79 Å². The second-order valence-electron chi connectivity index (χ2n) is 6.31. The highest BCUT2D eigenvalue weighted by molar-refractivity contribution is 5.70. The molecule has 1 aromatic carbocycles. The number of hydrogen-bond acceptors (Lipinski definition) is 4. The van der Waals surface area contributed by atoms with Gasteiger partial charge in [-0.3, -0.25) is 4.90 Å². The van der Waals surface area contributed by atoms with Crippen molar-refractivity contribution in [2.75, 3.05) is 13.7 Å². The van der Waals surface area contributed by atoms with Gasteiger partial charge in [0.1, 0.15) is 11.4 Å². The van der Waals surface area contributed by atoms with Crippen LogP contribution in [0.4, 0.5) is 4.79 Å². The summed E-state index contributed by atoms with van der Waals surface area (Å²) in [5.74, 6) is 0.744. The van der Waals surface area contributed by atoms with Gasteiger partial charge in [0.25, 0.3) is 0 Å². The number of nitrogens with zero attached hydrogens (tertiary/aromatic N) is 1. The van der Waals surface area contributed by atoms with E-state index in [1.165, 1.54) is 0 Å². The second-order valence-corrected chi connectivity index (χ2v) is 6.31. The van der Waals surface area contributed by atoms with Crippen LogP contribution in [0.2, 0.25) is 0 Å². The summed E-state index contributed by atoms with van der Waals surface area (Å²) in [4.78, 5) is 14.1. The molecule has 116 valence electrons. The molecule has 0 aromatic heterocycles. The first-order valence-corrected chi connectivity index (χ1v) is 7.21. The van der Waals surface area contributed by atoms with Crippen molar-refractivity contribution < 1.29 is 14.3 Å². The Labute approximate surface area is 126 Å². The van der Waals surface area contributed by atoms with E-state index in [4.69, 9.17) is 15.2 Å². The summed E-state index contributed by atoms with van der Waals surface area (Å²) >= 11 is 0. The fourth-order valence-corrected chi connectivity index (χ4v) is 2.65. The van der Waals surface area contributed by atoms with E-state index < -0.39 is 5.60 Å². The third-order valence-corrected chi connectivity index (χ3v) is 3.53. The van der Waals surface area contributed by atoms with Crippen molar-refractivity contribution in [3.8, 4) is 5.75 Å². The van der Waals surface area contributed by atoms with Gasteiger partial charge in [-0.1, -0.05) is 18.2 Å². The van der Waals surface area contributed by atoms with E-state index in [0.29, 0.717) is 6.54 Å². The number of likely N-dealkylation sites (tertiary alicyclic amines) is 1. The van der Waals surface area contributed by atoms with Gasteiger partial charge in [-0.15, -0.1) is 0 Å². The summed E-state index contributed by atoms with van der Waals surface area (Å²) in [6.07, 6.45) is 0.424. The molecule has 1 aromatic rings.